The zero-order valence-electron chi connectivity index (χ0n) is 10.1. The summed E-state index contributed by atoms with van der Waals surface area (Å²) in [6.07, 6.45) is 3.03. The Morgan fingerprint density at radius 1 is 1.47 bits per heavy atom. The fourth-order valence-electron chi connectivity index (χ4n) is 1.16. The lowest BCUT2D eigenvalue weighted by atomic mass is 10.1. The maximum atomic E-state index is 11.4. The van der Waals surface area contributed by atoms with Crippen LogP contribution in [-0.4, -0.2) is 31.2 Å². The molecule has 1 amide bonds. The molecule has 0 heterocycles. The zero-order chi connectivity index (χ0) is 11.7. The number of amides is 1. The Labute approximate surface area is 92.6 Å². The molecule has 90 valence electrons. The molecule has 3 N–H and O–H groups in total. The average Bonchev–Trinajstić information content (AvgIpc) is 2.20. The molecule has 0 aliphatic rings. The second-order valence-electron chi connectivity index (χ2n) is 3.96. The topological polar surface area (TPSA) is 64.4 Å². The first-order valence-electron chi connectivity index (χ1n) is 5.72. The third kappa shape index (κ3) is 8.39. The maximum Gasteiger partial charge on any atom is 0.236 e. The Hall–Kier alpha value is -0.610. The molecule has 15 heavy (non-hydrogen) atoms. The summed E-state index contributed by atoms with van der Waals surface area (Å²) >= 11 is 0. The van der Waals surface area contributed by atoms with E-state index in [2.05, 4.69) is 12.2 Å². The summed E-state index contributed by atoms with van der Waals surface area (Å²) < 4.78 is 5.30. The van der Waals surface area contributed by atoms with Gasteiger partial charge < -0.3 is 15.8 Å². The standard InChI is InChI=1S/C11H24N2O2/c1-4-5-6-10(12)11(14)13-7-8-15-9(2)3/h9-10H,4-8,12H2,1-3H3,(H,13,14). The average molecular weight is 216 g/mol. The van der Waals surface area contributed by atoms with Gasteiger partial charge in [0.1, 0.15) is 0 Å². The molecule has 4 nitrogen and oxygen atoms in total. The van der Waals surface area contributed by atoms with E-state index in [1.54, 1.807) is 0 Å². The van der Waals surface area contributed by atoms with Gasteiger partial charge in [0, 0.05) is 6.54 Å². The maximum absolute atomic E-state index is 11.4. The molecule has 0 aromatic carbocycles. The van der Waals surface area contributed by atoms with Crippen molar-refractivity contribution in [3.63, 3.8) is 0 Å². The molecule has 0 aromatic heterocycles. The van der Waals surface area contributed by atoms with Crippen LogP contribution < -0.4 is 11.1 Å². The van der Waals surface area contributed by atoms with E-state index in [0.29, 0.717) is 13.2 Å². The van der Waals surface area contributed by atoms with E-state index in [1.165, 1.54) is 0 Å². The van der Waals surface area contributed by atoms with Crippen molar-refractivity contribution in [2.45, 2.75) is 52.2 Å². The fraction of sp³-hybridized carbons (Fsp3) is 0.909. The molecule has 1 unspecified atom stereocenters. The minimum atomic E-state index is -0.371. The van der Waals surface area contributed by atoms with E-state index in [-0.39, 0.29) is 18.1 Å². The monoisotopic (exact) mass is 216 g/mol. The van der Waals surface area contributed by atoms with Gasteiger partial charge in [-0.1, -0.05) is 19.8 Å². The molecule has 4 heteroatoms. The summed E-state index contributed by atoms with van der Waals surface area (Å²) in [7, 11) is 0. The van der Waals surface area contributed by atoms with Gasteiger partial charge in [0.25, 0.3) is 0 Å². The van der Waals surface area contributed by atoms with Gasteiger partial charge in [0.05, 0.1) is 18.8 Å². The van der Waals surface area contributed by atoms with E-state index in [0.717, 1.165) is 19.3 Å². The first-order chi connectivity index (χ1) is 7.07. The lowest BCUT2D eigenvalue weighted by Crippen LogP contribution is -2.41. The van der Waals surface area contributed by atoms with Crippen molar-refractivity contribution < 1.29 is 9.53 Å². The predicted octanol–water partition coefficient (Wildman–Crippen LogP) is 1.05. The lowest BCUT2D eigenvalue weighted by Gasteiger charge is -2.12. The van der Waals surface area contributed by atoms with Crippen LogP contribution in [0.15, 0.2) is 0 Å². The summed E-state index contributed by atoms with van der Waals surface area (Å²) in [5.74, 6) is -0.0733. The molecule has 1 atom stereocenters. The summed E-state index contributed by atoms with van der Waals surface area (Å²) in [5, 5.41) is 2.76. The number of nitrogens with one attached hydrogen (secondary N) is 1. The van der Waals surface area contributed by atoms with E-state index in [4.69, 9.17) is 10.5 Å². The third-order valence-corrected chi connectivity index (χ3v) is 2.06. The van der Waals surface area contributed by atoms with Crippen LogP contribution >= 0.6 is 0 Å². The van der Waals surface area contributed by atoms with Gasteiger partial charge in [-0.3, -0.25) is 4.79 Å². The van der Waals surface area contributed by atoms with Gasteiger partial charge in [-0.25, -0.2) is 0 Å². The predicted molar refractivity (Wildman–Crippen MR) is 61.6 cm³/mol. The fourth-order valence-corrected chi connectivity index (χ4v) is 1.16. The number of nitrogens with two attached hydrogens (primary N) is 1. The van der Waals surface area contributed by atoms with Crippen molar-refractivity contribution in [3.05, 3.63) is 0 Å². The molecule has 0 fully saturated rings. The minimum Gasteiger partial charge on any atom is -0.377 e. The van der Waals surface area contributed by atoms with Gasteiger partial charge in [0.2, 0.25) is 5.91 Å². The van der Waals surface area contributed by atoms with Gasteiger partial charge >= 0.3 is 0 Å². The molecule has 0 spiro atoms. The third-order valence-electron chi connectivity index (χ3n) is 2.06. The summed E-state index contributed by atoms with van der Waals surface area (Å²) in [6, 6.07) is -0.371. The highest BCUT2D eigenvalue weighted by molar-refractivity contribution is 5.81. The highest BCUT2D eigenvalue weighted by Crippen LogP contribution is 1.97. The summed E-state index contributed by atoms with van der Waals surface area (Å²) in [6.45, 7) is 7.10. The van der Waals surface area contributed by atoms with Crippen molar-refractivity contribution >= 4 is 5.91 Å². The molecule has 0 saturated heterocycles. The molecule has 0 radical (unpaired) electrons. The molecule has 0 aliphatic heterocycles. The Balaban J connectivity index is 3.47. The quantitative estimate of drug-likeness (QED) is 0.596. The normalized spacial score (nSPS) is 12.9. The number of hydrogen-bond acceptors (Lipinski definition) is 3. The summed E-state index contributed by atoms with van der Waals surface area (Å²) in [4.78, 5) is 11.4. The van der Waals surface area contributed by atoms with Gasteiger partial charge in [-0.2, -0.15) is 0 Å². The molecule has 0 aromatic rings. The lowest BCUT2D eigenvalue weighted by molar-refractivity contribution is -0.122. The number of carbonyl (C=O) groups is 1. The van der Waals surface area contributed by atoms with Crippen LogP contribution in [0.3, 0.4) is 0 Å². The molecular weight excluding hydrogens is 192 g/mol. The second kappa shape index (κ2) is 8.68. The van der Waals surface area contributed by atoms with E-state index in [9.17, 15) is 4.79 Å². The number of hydrogen-bond donors (Lipinski definition) is 2. The van der Waals surface area contributed by atoms with Crippen LogP contribution in [0.4, 0.5) is 0 Å². The van der Waals surface area contributed by atoms with Crippen LogP contribution in [-0.2, 0) is 9.53 Å². The van der Waals surface area contributed by atoms with Crippen LogP contribution in [0.25, 0.3) is 0 Å². The summed E-state index contributed by atoms with van der Waals surface area (Å²) in [5.41, 5.74) is 5.69. The van der Waals surface area contributed by atoms with Crippen molar-refractivity contribution in [2.75, 3.05) is 13.2 Å². The van der Waals surface area contributed by atoms with Crippen molar-refractivity contribution in [1.29, 1.82) is 0 Å². The van der Waals surface area contributed by atoms with Crippen LogP contribution in [0.5, 0.6) is 0 Å². The number of unbranched alkanes of at least 4 members (excludes halogenated alkanes) is 1. The number of rotatable bonds is 8. The molecule has 0 saturated carbocycles. The van der Waals surface area contributed by atoms with Crippen molar-refractivity contribution in [3.8, 4) is 0 Å². The van der Waals surface area contributed by atoms with Crippen molar-refractivity contribution in [1.82, 2.24) is 5.32 Å². The molecular formula is C11H24N2O2. The van der Waals surface area contributed by atoms with E-state index >= 15 is 0 Å². The highest BCUT2D eigenvalue weighted by atomic mass is 16.5. The van der Waals surface area contributed by atoms with Gasteiger partial charge in [-0.05, 0) is 20.3 Å². The molecule has 0 aliphatic carbocycles. The molecule has 0 bridgehead atoms. The van der Waals surface area contributed by atoms with Crippen LogP contribution in [0, 0.1) is 0 Å². The van der Waals surface area contributed by atoms with Gasteiger partial charge in [-0.15, -0.1) is 0 Å². The zero-order valence-corrected chi connectivity index (χ0v) is 10.1. The van der Waals surface area contributed by atoms with Crippen molar-refractivity contribution in [2.24, 2.45) is 5.73 Å². The second-order valence-corrected chi connectivity index (χ2v) is 3.96. The Kier molecular flexibility index (Phi) is 8.33. The smallest absolute Gasteiger partial charge is 0.236 e. The largest absolute Gasteiger partial charge is 0.377 e. The Bertz CT molecular complexity index is 172. The Morgan fingerprint density at radius 2 is 2.13 bits per heavy atom. The van der Waals surface area contributed by atoms with Gasteiger partial charge in [0.15, 0.2) is 0 Å². The number of ether oxygens (including phenoxy) is 1. The van der Waals surface area contributed by atoms with E-state index in [1.807, 2.05) is 13.8 Å². The SMILES string of the molecule is CCCCC(N)C(=O)NCCOC(C)C. The van der Waals surface area contributed by atoms with E-state index < -0.39 is 0 Å². The molecule has 0 rings (SSSR count). The minimum absolute atomic E-state index is 0.0733. The van der Waals surface area contributed by atoms with Crippen LogP contribution in [0.1, 0.15) is 40.0 Å². The Morgan fingerprint density at radius 3 is 2.67 bits per heavy atom. The highest BCUT2D eigenvalue weighted by Gasteiger charge is 2.11. The first-order valence-corrected chi connectivity index (χ1v) is 5.72. The van der Waals surface area contributed by atoms with Crippen LogP contribution in [0.2, 0.25) is 0 Å². The number of carbonyl (C=O) groups excluding carboxylic acids is 1. The first kappa shape index (κ1) is 14.4.